The molecule has 0 fully saturated rings. The summed E-state index contributed by atoms with van der Waals surface area (Å²) in [6.07, 6.45) is 6.89. The Labute approximate surface area is 136 Å². The van der Waals surface area contributed by atoms with Crippen molar-refractivity contribution in [2.45, 2.75) is 13.0 Å². The molecule has 4 rings (SSSR count). The molecule has 3 aromatic rings. The maximum absolute atomic E-state index is 6.07. The highest BCUT2D eigenvalue weighted by Gasteiger charge is 2.19. The first-order valence-corrected chi connectivity index (χ1v) is 7.81. The van der Waals surface area contributed by atoms with Gasteiger partial charge in [0.1, 0.15) is 12.4 Å². The van der Waals surface area contributed by atoms with Gasteiger partial charge < -0.3 is 4.74 Å². The molecule has 112 valence electrons. The minimum atomic E-state index is 0.597. The molecule has 0 spiro atoms. The van der Waals surface area contributed by atoms with Gasteiger partial charge in [-0.2, -0.15) is 0 Å². The molecule has 0 bridgehead atoms. The van der Waals surface area contributed by atoms with Gasteiger partial charge in [-0.3, -0.25) is 4.98 Å². The smallest absolute Gasteiger partial charge is 0.123 e. The molecule has 0 unspecified atom stereocenters. The number of ether oxygens (including phenoxy) is 1. The summed E-state index contributed by atoms with van der Waals surface area (Å²) in [6.45, 7) is 0.597. The van der Waals surface area contributed by atoms with E-state index in [1.807, 2.05) is 30.5 Å². The largest absolute Gasteiger partial charge is 0.489 e. The molecule has 2 aromatic carbocycles. The van der Waals surface area contributed by atoms with E-state index < -0.39 is 0 Å². The molecule has 0 atom stereocenters. The van der Waals surface area contributed by atoms with Crippen molar-refractivity contribution >= 4 is 5.57 Å². The van der Waals surface area contributed by atoms with Crippen LogP contribution in [0.4, 0.5) is 0 Å². The van der Waals surface area contributed by atoms with Gasteiger partial charge in [-0.05, 0) is 35.3 Å². The van der Waals surface area contributed by atoms with Crippen LogP contribution < -0.4 is 4.74 Å². The summed E-state index contributed by atoms with van der Waals surface area (Å²) in [5, 5.41) is 0. The highest BCUT2D eigenvalue weighted by Crippen LogP contribution is 2.37. The SMILES string of the molecule is C1=C(c2cccnc2)c2cccc(OCc3ccccc3)c2C1. The van der Waals surface area contributed by atoms with E-state index in [0.29, 0.717) is 6.61 Å². The Morgan fingerprint density at radius 1 is 0.913 bits per heavy atom. The van der Waals surface area contributed by atoms with Crippen molar-refractivity contribution in [2.24, 2.45) is 0 Å². The summed E-state index contributed by atoms with van der Waals surface area (Å²) in [5.74, 6) is 0.974. The lowest BCUT2D eigenvalue weighted by Crippen LogP contribution is -1.98. The first-order valence-electron chi connectivity index (χ1n) is 7.81. The van der Waals surface area contributed by atoms with Crippen LogP contribution in [-0.2, 0) is 13.0 Å². The van der Waals surface area contributed by atoms with Crippen molar-refractivity contribution in [1.82, 2.24) is 4.98 Å². The normalized spacial score (nSPS) is 12.6. The number of allylic oxidation sites excluding steroid dienone is 1. The molecule has 1 heterocycles. The quantitative estimate of drug-likeness (QED) is 0.699. The zero-order valence-electron chi connectivity index (χ0n) is 12.8. The molecule has 0 N–H and O–H groups in total. The van der Waals surface area contributed by atoms with Gasteiger partial charge in [0.15, 0.2) is 0 Å². The van der Waals surface area contributed by atoms with Crippen LogP contribution >= 0.6 is 0 Å². The van der Waals surface area contributed by atoms with Gasteiger partial charge in [-0.25, -0.2) is 0 Å². The second kappa shape index (κ2) is 6.09. The Kier molecular flexibility index (Phi) is 3.65. The van der Waals surface area contributed by atoms with Crippen LogP contribution in [-0.4, -0.2) is 4.98 Å². The maximum Gasteiger partial charge on any atom is 0.123 e. The van der Waals surface area contributed by atoms with E-state index in [1.54, 1.807) is 6.20 Å². The fourth-order valence-corrected chi connectivity index (χ4v) is 3.01. The van der Waals surface area contributed by atoms with Gasteiger partial charge in [0.2, 0.25) is 0 Å². The van der Waals surface area contributed by atoms with Crippen LogP contribution in [0.15, 0.2) is 79.1 Å². The predicted octanol–water partition coefficient (Wildman–Crippen LogP) is 4.65. The molecular formula is C21H17NO. The van der Waals surface area contributed by atoms with Crippen molar-refractivity contribution in [3.63, 3.8) is 0 Å². The minimum Gasteiger partial charge on any atom is -0.489 e. The van der Waals surface area contributed by atoms with E-state index >= 15 is 0 Å². The van der Waals surface area contributed by atoms with E-state index in [1.165, 1.54) is 22.3 Å². The van der Waals surface area contributed by atoms with E-state index in [2.05, 4.69) is 47.5 Å². The second-order valence-electron chi connectivity index (χ2n) is 5.62. The summed E-state index contributed by atoms with van der Waals surface area (Å²) in [5.41, 5.74) is 6.11. The Hall–Kier alpha value is -2.87. The van der Waals surface area contributed by atoms with E-state index in [0.717, 1.165) is 17.7 Å². The van der Waals surface area contributed by atoms with Crippen LogP contribution in [0.5, 0.6) is 5.75 Å². The first kappa shape index (κ1) is 13.8. The predicted molar refractivity (Wildman–Crippen MR) is 92.2 cm³/mol. The minimum absolute atomic E-state index is 0.597. The molecule has 1 aliphatic carbocycles. The number of hydrogen-bond donors (Lipinski definition) is 0. The average molecular weight is 299 g/mol. The number of benzene rings is 2. The van der Waals surface area contributed by atoms with Gasteiger partial charge in [-0.15, -0.1) is 0 Å². The second-order valence-corrected chi connectivity index (χ2v) is 5.62. The van der Waals surface area contributed by atoms with Crippen molar-refractivity contribution < 1.29 is 4.74 Å². The molecule has 0 amide bonds. The van der Waals surface area contributed by atoms with Gasteiger partial charge >= 0.3 is 0 Å². The van der Waals surface area contributed by atoms with Crippen molar-refractivity contribution in [3.8, 4) is 5.75 Å². The third-order valence-electron chi connectivity index (χ3n) is 4.14. The number of fused-ring (bicyclic) bond motifs is 1. The summed E-state index contributed by atoms with van der Waals surface area (Å²) >= 11 is 0. The van der Waals surface area contributed by atoms with Gasteiger partial charge in [0, 0.05) is 23.5 Å². The van der Waals surface area contributed by atoms with Crippen LogP contribution in [0.3, 0.4) is 0 Å². The summed E-state index contributed by atoms with van der Waals surface area (Å²) < 4.78 is 6.07. The fourth-order valence-electron chi connectivity index (χ4n) is 3.01. The van der Waals surface area contributed by atoms with Crippen LogP contribution in [0, 0.1) is 0 Å². The molecule has 0 saturated heterocycles. The zero-order chi connectivity index (χ0) is 15.5. The molecule has 2 nitrogen and oxygen atoms in total. The molecular weight excluding hydrogens is 282 g/mol. The monoisotopic (exact) mass is 299 g/mol. The summed E-state index contributed by atoms with van der Waals surface area (Å²) in [7, 11) is 0. The Bertz CT molecular complexity index is 838. The molecule has 1 aromatic heterocycles. The highest BCUT2D eigenvalue weighted by atomic mass is 16.5. The van der Waals surface area contributed by atoms with Crippen molar-refractivity contribution in [3.05, 3.63) is 101 Å². The zero-order valence-corrected chi connectivity index (χ0v) is 12.8. The Balaban J connectivity index is 1.60. The standard InChI is InChI=1S/C21H17NO/c1-2-6-16(7-3-1)15-23-21-10-4-9-19-18(11-12-20(19)21)17-8-5-13-22-14-17/h1-11,13-14H,12,15H2. The lowest BCUT2D eigenvalue weighted by Gasteiger charge is -2.12. The van der Waals surface area contributed by atoms with Crippen LogP contribution in [0.1, 0.15) is 22.3 Å². The number of nitrogens with zero attached hydrogens (tertiary/aromatic N) is 1. The molecule has 0 radical (unpaired) electrons. The lowest BCUT2D eigenvalue weighted by atomic mass is 10.00. The molecule has 23 heavy (non-hydrogen) atoms. The van der Waals surface area contributed by atoms with E-state index in [9.17, 15) is 0 Å². The Morgan fingerprint density at radius 3 is 2.65 bits per heavy atom. The highest BCUT2D eigenvalue weighted by molar-refractivity contribution is 5.85. The molecule has 0 aliphatic heterocycles. The van der Waals surface area contributed by atoms with Gasteiger partial charge in [0.25, 0.3) is 0 Å². The summed E-state index contributed by atoms with van der Waals surface area (Å²) in [6, 6.07) is 20.6. The fraction of sp³-hybridized carbons (Fsp3) is 0.0952. The van der Waals surface area contributed by atoms with Gasteiger partial charge in [0.05, 0.1) is 0 Å². The average Bonchev–Trinajstić information content (AvgIpc) is 3.06. The first-order chi connectivity index (χ1) is 11.4. The molecule has 0 saturated carbocycles. The maximum atomic E-state index is 6.07. The van der Waals surface area contributed by atoms with E-state index in [-0.39, 0.29) is 0 Å². The van der Waals surface area contributed by atoms with Crippen LogP contribution in [0.25, 0.3) is 5.57 Å². The third-order valence-corrected chi connectivity index (χ3v) is 4.14. The van der Waals surface area contributed by atoms with E-state index in [4.69, 9.17) is 4.74 Å². The van der Waals surface area contributed by atoms with Gasteiger partial charge in [-0.1, -0.05) is 54.6 Å². The number of pyridine rings is 1. The third kappa shape index (κ3) is 2.76. The number of hydrogen-bond acceptors (Lipinski definition) is 2. The Morgan fingerprint density at radius 2 is 1.83 bits per heavy atom. The van der Waals surface area contributed by atoms with Crippen LogP contribution in [0.2, 0.25) is 0 Å². The number of aromatic nitrogens is 1. The molecule has 1 aliphatic rings. The van der Waals surface area contributed by atoms with Crippen molar-refractivity contribution in [2.75, 3.05) is 0 Å². The topological polar surface area (TPSA) is 22.1 Å². The summed E-state index contributed by atoms with van der Waals surface area (Å²) in [4.78, 5) is 4.23. The lowest BCUT2D eigenvalue weighted by molar-refractivity contribution is 0.303. The number of rotatable bonds is 4. The van der Waals surface area contributed by atoms with Crippen molar-refractivity contribution in [1.29, 1.82) is 0 Å². The molecule has 2 heteroatoms.